The highest BCUT2D eigenvalue weighted by atomic mass is 16.8. The first-order chi connectivity index (χ1) is 37.0. The van der Waals surface area contributed by atoms with E-state index in [-0.39, 0.29) is 31.8 Å². The van der Waals surface area contributed by atoms with Gasteiger partial charge in [0.2, 0.25) is 0 Å². The van der Waals surface area contributed by atoms with Crippen molar-refractivity contribution in [2.75, 3.05) is 28.4 Å². The minimum absolute atomic E-state index is 0.00562. The van der Waals surface area contributed by atoms with E-state index in [4.69, 9.17) is 61.6 Å². The van der Waals surface area contributed by atoms with Crippen molar-refractivity contribution in [3.63, 3.8) is 0 Å². The molecule has 0 spiro atoms. The second-order valence-electron chi connectivity index (χ2n) is 23.9. The second-order valence-corrected chi connectivity index (χ2v) is 23.9. The monoisotopic (exact) mass is 1100 g/mol. The predicted molar refractivity (Wildman–Crippen MR) is 278 cm³/mol. The van der Waals surface area contributed by atoms with Gasteiger partial charge in [0.1, 0.15) is 59.5 Å². The summed E-state index contributed by atoms with van der Waals surface area (Å²) in [6.45, 7) is 12.6. The lowest BCUT2D eigenvalue weighted by molar-refractivity contribution is -0.356. The maximum Gasteiger partial charge on any atom is 0.331 e. The van der Waals surface area contributed by atoms with Crippen LogP contribution in [0.3, 0.4) is 0 Å². The summed E-state index contributed by atoms with van der Waals surface area (Å²) in [6, 6.07) is 9.34. The fourth-order valence-corrected chi connectivity index (χ4v) is 15.2. The summed E-state index contributed by atoms with van der Waals surface area (Å²) in [4.78, 5) is 13.6. The molecule has 20 heteroatoms. The Morgan fingerprint density at radius 2 is 1.23 bits per heavy atom. The number of carbonyl (C=O) groups is 1. The molecule has 4 saturated heterocycles. The van der Waals surface area contributed by atoms with Gasteiger partial charge in [-0.2, -0.15) is 0 Å². The molecule has 4 heterocycles. The van der Waals surface area contributed by atoms with E-state index in [0.717, 1.165) is 11.1 Å². The van der Waals surface area contributed by atoms with Crippen LogP contribution in [0, 0.1) is 16.7 Å². The third-order valence-corrected chi connectivity index (χ3v) is 19.8. The van der Waals surface area contributed by atoms with Crippen molar-refractivity contribution in [2.45, 2.75) is 252 Å². The maximum absolute atomic E-state index is 13.6. The zero-order chi connectivity index (χ0) is 56.3. The quantitative estimate of drug-likeness (QED) is 0.0777. The van der Waals surface area contributed by atoms with Gasteiger partial charge in [-0.3, -0.25) is 0 Å². The molecule has 1 aromatic carbocycles. The lowest BCUT2D eigenvalue weighted by atomic mass is 9.42. The van der Waals surface area contributed by atoms with Gasteiger partial charge in [-0.15, -0.1) is 0 Å². The van der Waals surface area contributed by atoms with Crippen LogP contribution in [0.15, 0.2) is 48.1 Å². The third kappa shape index (κ3) is 10.6. The molecule has 20 nitrogen and oxygen atoms in total. The van der Waals surface area contributed by atoms with Gasteiger partial charge < -0.3 is 92.2 Å². The van der Waals surface area contributed by atoms with Crippen LogP contribution in [-0.2, 0) is 66.4 Å². The summed E-state index contributed by atoms with van der Waals surface area (Å²) in [5.74, 6) is -1.21. The number of ether oxygens (including phenoxy) is 13. The van der Waals surface area contributed by atoms with Crippen LogP contribution in [0.1, 0.15) is 118 Å². The highest BCUT2D eigenvalue weighted by molar-refractivity contribution is 5.87. The van der Waals surface area contributed by atoms with Crippen LogP contribution in [0.25, 0.3) is 6.08 Å². The van der Waals surface area contributed by atoms with Crippen LogP contribution in [0.2, 0.25) is 0 Å². The SMILES string of the molecule is CO[C@@H]1[C@@H](O)[C@H](O[C@@H]2[C@@H](C)O[C@@H](O[C@H]3[C@@H](OC)C[C@H](O[C@H]4[C@@H](OC)C[C@H](O[C@H]5CC[C@@]6(C)C(=CC[C@]7(O)[C@@H]6C[C@@H](OC(=O)C=Cc6ccccc6)[C@@]6(C)[C@]7(O)CC[C@@]6(O)[C@H](C)O)C5)O[C@@H]4C)O[C@@H]3C)C[C@H]2OC)O[C@H](C)[C@H]1O. The van der Waals surface area contributed by atoms with Crippen molar-refractivity contribution in [2.24, 2.45) is 16.7 Å². The van der Waals surface area contributed by atoms with E-state index in [1.165, 1.54) is 20.1 Å². The van der Waals surface area contributed by atoms with E-state index in [1.807, 2.05) is 57.2 Å². The maximum atomic E-state index is 13.6. The fourth-order valence-electron chi connectivity index (χ4n) is 15.2. The Balaban J connectivity index is 0.809. The number of aliphatic hydroxyl groups is 6. The zero-order valence-corrected chi connectivity index (χ0v) is 47.2. The Labute approximate surface area is 458 Å². The van der Waals surface area contributed by atoms with Crippen molar-refractivity contribution in [1.82, 2.24) is 0 Å². The summed E-state index contributed by atoms with van der Waals surface area (Å²) in [5.41, 5.74) is -5.84. The summed E-state index contributed by atoms with van der Waals surface area (Å²) in [7, 11) is 6.25. The molecule has 26 atom stereocenters. The summed E-state index contributed by atoms with van der Waals surface area (Å²) >= 11 is 0. The highest BCUT2D eigenvalue weighted by Crippen LogP contribution is 2.71. The van der Waals surface area contributed by atoms with Gasteiger partial charge >= 0.3 is 5.97 Å². The molecule has 0 bridgehead atoms. The van der Waals surface area contributed by atoms with Gasteiger partial charge in [0, 0.05) is 59.7 Å². The predicted octanol–water partition coefficient (Wildman–Crippen LogP) is 4.00. The lowest BCUT2D eigenvalue weighted by Gasteiger charge is -2.67. The number of hydrogen-bond acceptors (Lipinski definition) is 20. The molecule has 8 aliphatic rings. The fraction of sp³-hybridized carbons (Fsp3) is 0.810. The van der Waals surface area contributed by atoms with Crippen LogP contribution in [0.4, 0.5) is 0 Å². The molecule has 78 heavy (non-hydrogen) atoms. The molecule has 4 aliphatic carbocycles. The highest BCUT2D eigenvalue weighted by Gasteiger charge is 2.81. The number of carbonyl (C=O) groups excluding carboxylic acids is 1. The third-order valence-electron chi connectivity index (χ3n) is 19.8. The Hall–Kier alpha value is -2.55. The number of rotatable bonds is 16. The number of methoxy groups -OCH3 is 4. The topological polar surface area (TPSA) is 258 Å². The Bertz CT molecular complexity index is 2250. The van der Waals surface area contributed by atoms with Gasteiger partial charge in [0.15, 0.2) is 25.2 Å². The largest absolute Gasteiger partial charge is 0.458 e. The van der Waals surface area contributed by atoms with Gasteiger partial charge in [-0.1, -0.05) is 55.8 Å². The van der Waals surface area contributed by atoms with Crippen LogP contribution >= 0.6 is 0 Å². The Morgan fingerprint density at radius 1 is 0.679 bits per heavy atom. The van der Waals surface area contributed by atoms with Crippen LogP contribution in [-0.4, -0.2) is 205 Å². The molecule has 0 radical (unpaired) electrons. The molecular formula is C58H88O20. The van der Waals surface area contributed by atoms with E-state index in [9.17, 15) is 35.4 Å². The number of hydrogen-bond donors (Lipinski definition) is 6. The van der Waals surface area contributed by atoms with E-state index in [1.54, 1.807) is 41.3 Å². The first kappa shape index (κ1) is 60.1. The zero-order valence-electron chi connectivity index (χ0n) is 47.2. The Kier molecular flexibility index (Phi) is 18.2. The molecular weight excluding hydrogens is 1020 g/mol. The molecule has 1 aromatic rings. The molecule has 7 fully saturated rings. The van der Waals surface area contributed by atoms with Crippen molar-refractivity contribution in [1.29, 1.82) is 0 Å². The summed E-state index contributed by atoms with van der Waals surface area (Å²) in [5, 5.41) is 70.8. The minimum Gasteiger partial charge on any atom is -0.458 e. The Morgan fingerprint density at radius 3 is 1.77 bits per heavy atom. The molecule has 0 unspecified atom stereocenters. The van der Waals surface area contributed by atoms with Crippen LogP contribution < -0.4 is 0 Å². The van der Waals surface area contributed by atoms with Gasteiger partial charge in [-0.25, -0.2) is 4.79 Å². The van der Waals surface area contributed by atoms with Crippen molar-refractivity contribution in [3.05, 3.63) is 53.6 Å². The second kappa shape index (κ2) is 23.6. The number of esters is 1. The number of aliphatic hydroxyl groups excluding tert-OH is 3. The average Bonchev–Trinajstić information content (AvgIpc) is 2.85. The summed E-state index contributed by atoms with van der Waals surface area (Å²) in [6.07, 6.45) is -5.94. The van der Waals surface area contributed by atoms with Gasteiger partial charge in [0.05, 0.1) is 60.4 Å². The lowest BCUT2D eigenvalue weighted by Crippen LogP contribution is -2.78. The normalized spacial score (nSPS) is 49.1. The average molecular weight is 1110 g/mol. The smallest absolute Gasteiger partial charge is 0.331 e. The number of fused-ring (bicyclic) bond motifs is 5. The van der Waals surface area contributed by atoms with Gasteiger partial charge in [-0.05, 0) is 96.6 Å². The number of benzene rings is 1. The first-order valence-electron chi connectivity index (χ1n) is 28.2. The van der Waals surface area contributed by atoms with E-state index in [2.05, 4.69) is 6.92 Å². The molecule has 9 rings (SSSR count). The standard InChI is InChI=1S/C58H88O20/c1-30-47(61)52(69-11)48(62)53(73-30)78-51-33(4)72-46(28-40(51)68-10)77-50-32(3)71-45(27-39(50)67-9)76-49-31(2)70-44(26-38(49)66-8)74-37-20-21-54(6)36(25-37)19-22-57(64)41(54)29-42(75-43(60)18-17-35-15-13-12-14-16-35)55(7)56(63,34(5)59)23-24-58(55,57)65/h12-19,30-34,37-42,44-53,59,61-65H,20-29H2,1-11H3/t30-,31-,32-,33-,34+,37+,38+,39+,40-,41-,42-,44+,45+,46+,47-,48-,49-,50-,51-,52+,53+,54+,55-,56-,57+,58-/m1/s1. The van der Waals surface area contributed by atoms with Crippen molar-refractivity contribution < 1.29 is 97.0 Å². The molecule has 440 valence electrons. The van der Waals surface area contributed by atoms with Crippen molar-refractivity contribution >= 4 is 12.0 Å². The van der Waals surface area contributed by atoms with Gasteiger partial charge in [0.25, 0.3) is 0 Å². The molecule has 0 aromatic heterocycles. The first-order valence-corrected chi connectivity index (χ1v) is 28.2. The van der Waals surface area contributed by atoms with E-state index >= 15 is 0 Å². The minimum atomic E-state index is -1.92. The molecule has 6 N–H and O–H groups in total. The van der Waals surface area contributed by atoms with E-state index in [0.29, 0.717) is 38.5 Å². The van der Waals surface area contributed by atoms with Crippen molar-refractivity contribution in [3.8, 4) is 0 Å². The van der Waals surface area contributed by atoms with E-state index < -0.39 is 156 Å². The molecule has 0 amide bonds. The van der Waals surface area contributed by atoms with Crippen LogP contribution in [0.5, 0.6) is 0 Å². The molecule has 3 saturated carbocycles. The summed E-state index contributed by atoms with van der Waals surface area (Å²) < 4.78 is 81.1. The molecule has 4 aliphatic heterocycles.